The molecular weight excluding hydrogens is 378 g/mol. The minimum absolute atomic E-state index is 0.216. The number of anilines is 1. The molecule has 2 aromatic rings. The Hall–Kier alpha value is -2.41. The van der Waals surface area contributed by atoms with Gasteiger partial charge in [-0.25, -0.2) is 9.31 Å². The zero-order chi connectivity index (χ0) is 20.7. The lowest BCUT2D eigenvalue weighted by molar-refractivity contribution is -0.120. The van der Waals surface area contributed by atoms with Crippen LogP contribution in [0.2, 0.25) is 0 Å². The Kier molecular flexibility index (Phi) is 5.23. The third-order valence-electron chi connectivity index (χ3n) is 7.13. The summed E-state index contributed by atoms with van der Waals surface area (Å²) in [6.45, 7) is 6.50. The first-order chi connectivity index (χ1) is 14.5. The zero-order valence-corrected chi connectivity index (χ0v) is 17.7. The molecule has 3 aliphatic rings. The smallest absolute Gasteiger partial charge is 0.303 e. The van der Waals surface area contributed by atoms with Crippen LogP contribution in [0.15, 0.2) is 24.5 Å². The van der Waals surface area contributed by atoms with Crippen LogP contribution in [0, 0.1) is 17.8 Å². The van der Waals surface area contributed by atoms with E-state index in [-0.39, 0.29) is 11.9 Å². The van der Waals surface area contributed by atoms with Crippen LogP contribution in [0.5, 0.6) is 0 Å². The predicted molar refractivity (Wildman–Crippen MR) is 115 cm³/mol. The van der Waals surface area contributed by atoms with Gasteiger partial charge in [0.15, 0.2) is 0 Å². The molecule has 0 aromatic carbocycles. The number of likely N-dealkylation sites (tertiary alicyclic amines) is 1. The normalized spacial score (nSPS) is 26.1. The summed E-state index contributed by atoms with van der Waals surface area (Å²) in [6, 6.07) is 3.94. The molecule has 1 N–H and O–H groups in total. The van der Waals surface area contributed by atoms with Crippen molar-refractivity contribution in [3.8, 4) is 0 Å². The summed E-state index contributed by atoms with van der Waals surface area (Å²) in [5, 5.41) is 6.79. The standard InChI is InChI=1S/C23H31N5O2/c1-16-10-19(11-16)15-26-6-2-17(3-7-26)12-18-4-9-28-20(13-18)21(14-24-28)27-8-5-22(29)25-23(27)30/h4,9,13-14,16-17,19H,2-3,5-8,10-12,15H2,1H3,(H,25,29,30). The molecule has 0 bridgehead atoms. The zero-order valence-electron chi connectivity index (χ0n) is 17.7. The third kappa shape index (κ3) is 3.95. The molecule has 1 saturated carbocycles. The number of nitrogens with one attached hydrogen (secondary N) is 1. The molecular formula is C23H31N5O2. The lowest BCUT2D eigenvalue weighted by Crippen LogP contribution is -2.49. The highest BCUT2D eigenvalue weighted by Gasteiger charge is 2.29. The highest BCUT2D eigenvalue weighted by molar-refractivity contribution is 6.07. The highest BCUT2D eigenvalue weighted by Crippen LogP contribution is 2.34. The van der Waals surface area contributed by atoms with Crippen molar-refractivity contribution in [1.29, 1.82) is 0 Å². The van der Waals surface area contributed by atoms with Crippen molar-refractivity contribution in [2.24, 2.45) is 17.8 Å². The van der Waals surface area contributed by atoms with Gasteiger partial charge in [0.2, 0.25) is 5.91 Å². The van der Waals surface area contributed by atoms with Gasteiger partial charge in [-0.1, -0.05) is 6.92 Å². The van der Waals surface area contributed by atoms with Crippen LogP contribution in [-0.4, -0.2) is 52.6 Å². The molecule has 0 radical (unpaired) electrons. The number of carbonyl (C=O) groups excluding carboxylic acids is 2. The van der Waals surface area contributed by atoms with Crippen molar-refractivity contribution < 1.29 is 9.59 Å². The first kappa shape index (κ1) is 19.5. The van der Waals surface area contributed by atoms with Gasteiger partial charge in [-0.15, -0.1) is 0 Å². The van der Waals surface area contributed by atoms with Gasteiger partial charge in [-0.05, 0) is 80.6 Å². The highest BCUT2D eigenvalue weighted by atomic mass is 16.2. The molecule has 3 fully saturated rings. The largest absolute Gasteiger partial charge is 0.328 e. The lowest BCUT2D eigenvalue weighted by atomic mass is 9.75. The first-order valence-corrected chi connectivity index (χ1v) is 11.3. The van der Waals surface area contributed by atoms with Crippen molar-refractivity contribution in [2.75, 3.05) is 31.1 Å². The second kappa shape index (κ2) is 8.02. The number of hydrogen-bond donors (Lipinski definition) is 1. The number of carbonyl (C=O) groups is 2. The summed E-state index contributed by atoms with van der Waals surface area (Å²) in [7, 11) is 0. The fourth-order valence-corrected chi connectivity index (χ4v) is 5.43. The predicted octanol–water partition coefficient (Wildman–Crippen LogP) is 3.08. The van der Waals surface area contributed by atoms with E-state index in [4.69, 9.17) is 0 Å². The fourth-order valence-electron chi connectivity index (χ4n) is 5.43. The minimum atomic E-state index is -0.361. The Morgan fingerprint density at radius 1 is 1.13 bits per heavy atom. The van der Waals surface area contributed by atoms with E-state index in [2.05, 4.69) is 34.4 Å². The summed E-state index contributed by atoms with van der Waals surface area (Å²) in [5.41, 5.74) is 2.99. The molecule has 7 heteroatoms. The van der Waals surface area contributed by atoms with E-state index in [1.54, 1.807) is 11.1 Å². The van der Waals surface area contributed by atoms with E-state index >= 15 is 0 Å². The molecule has 2 aliphatic heterocycles. The number of hydrogen-bond acceptors (Lipinski definition) is 4. The van der Waals surface area contributed by atoms with Gasteiger partial charge in [-0.2, -0.15) is 5.10 Å². The molecule has 30 heavy (non-hydrogen) atoms. The molecule has 2 saturated heterocycles. The average Bonchev–Trinajstić information content (AvgIpc) is 3.11. The lowest BCUT2D eigenvalue weighted by Gasteiger charge is -2.39. The van der Waals surface area contributed by atoms with Gasteiger partial charge >= 0.3 is 6.03 Å². The Labute approximate surface area is 177 Å². The van der Waals surface area contributed by atoms with Crippen molar-refractivity contribution in [3.63, 3.8) is 0 Å². The average molecular weight is 410 g/mol. The minimum Gasteiger partial charge on any atom is -0.303 e. The monoisotopic (exact) mass is 409 g/mol. The number of fused-ring (bicyclic) bond motifs is 1. The summed E-state index contributed by atoms with van der Waals surface area (Å²) < 4.78 is 1.81. The van der Waals surface area contributed by atoms with Crippen molar-refractivity contribution >= 4 is 23.1 Å². The Morgan fingerprint density at radius 2 is 1.93 bits per heavy atom. The summed E-state index contributed by atoms with van der Waals surface area (Å²) in [6.07, 6.45) is 10.4. The molecule has 0 atom stereocenters. The Morgan fingerprint density at radius 3 is 2.67 bits per heavy atom. The number of nitrogens with zero attached hydrogens (tertiary/aromatic N) is 4. The quantitative estimate of drug-likeness (QED) is 0.824. The summed E-state index contributed by atoms with van der Waals surface area (Å²) in [4.78, 5) is 28.0. The van der Waals surface area contributed by atoms with Crippen molar-refractivity contribution in [1.82, 2.24) is 19.8 Å². The second-order valence-corrected chi connectivity index (χ2v) is 9.54. The molecule has 7 nitrogen and oxygen atoms in total. The van der Waals surface area contributed by atoms with Crippen LogP contribution >= 0.6 is 0 Å². The summed E-state index contributed by atoms with van der Waals surface area (Å²) >= 11 is 0. The van der Waals surface area contributed by atoms with Crippen LogP contribution in [0.1, 0.15) is 44.6 Å². The number of aromatic nitrogens is 2. The van der Waals surface area contributed by atoms with Crippen molar-refractivity contribution in [2.45, 2.75) is 45.4 Å². The number of rotatable bonds is 5. The van der Waals surface area contributed by atoms with Crippen LogP contribution < -0.4 is 10.2 Å². The number of imide groups is 1. The molecule has 0 spiro atoms. The van der Waals surface area contributed by atoms with Crippen LogP contribution in [-0.2, 0) is 11.2 Å². The fraction of sp³-hybridized carbons (Fsp3) is 0.609. The van der Waals surface area contributed by atoms with Crippen LogP contribution in [0.25, 0.3) is 5.52 Å². The molecule has 4 heterocycles. The molecule has 5 rings (SSSR count). The number of amides is 3. The van der Waals surface area contributed by atoms with Gasteiger partial charge in [0.1, 0.15) is 0 Å². The molecule has 3 amide bonds. The van der Waals surface area contributed by atoms with Gasteiger partial charge < -0.3 is 4.90 Å². The molecule has 2 aromatic heterocycles. The molecule has 160 valence electrons. The number of urea groups is 1. The van der Waals surface area contributed by atoms with E-state index in [1.165, 1.54) is 50.9 Å². The van der Waals surface area contributed by atoms with Gasteiger partial charge in [-0.3, -0.25) is 15.0 Å². The number of pyridine rings is 1. The topological polar surface area (TPSA) is 70.0 Å². The van der Waals surface area contributed by atoms with Crippen LogP contribution in [0.4, 0.5) is 10.5 Å². The van der Waals surface area contributed by atoms with Crippen LogP contribution in [0.3, 0.4) is 0 Å². The Balaban J connectivity index is 1.22. The second-order valence-electron chi connectivity index (χ2n) is 9.54. The first-order valence-electron chi connectivity index (χ1n) is 11.3. The number of piperidine rings is 1. The van der Waals surface area contributed by atoms with Crippen molar-refractivity contribution in [3.05, 3.63) is 30.1 Å². The third-order valence-corrected chi connectivity index (χ3v) is 7.13. The van der Waals surface area contributed by atoms with E-state index < -0.39 is 0 Å². The van der Waals surface area contributed by atoms with E-state index in [0.29, 0.717) is 18.9 Å². The van der Waals surface area contributed by atoms with Gasteiger partial charge in [0.25, 0.3) is 0 Å². The van der Waals surface area contributed by atoms with Gasteiger partial charge in [0, 0.05) is 25.7 Å². The summed E-state index contributed by atoms with van der Waals surface area (Å²) in [5.74, 6) is 2.37. The Bertz CT molecular complexity index is 940. The molecule has 0 unspecified atom stereocenters. The van der Waals surface area contributed by atoms with E-state index in [9.17, 15) is 9.59 Å². The maximum Gasteiger partial charge on any atom is 0.328 e. The van der Waals surface area contributed by atoms with E-state index in [0.717, 1.165) is 29.5 Å². The SMILES string of the molecule is CC1CC(CN2CCC(Cc3ccn4ncc(N5CCC(=O)NC5=O)c4c3)CC2)C1. The van der Waals surface area contributed by atoms with E-state index in [1.807, 2.05) is 10.7 Å². The molecule has 1 aliphatic carbocycles. The maximum atomic E-state index is 12.3. The maximum absolute atomic E-state index is 12.3. The van der Waals surface area contributed by atoms with Gasteiger partial charge in [0.05, 0.1) is 17.4 Å².